The van der Waals surface area contributed by atoms with Gasteiger partial charge in [-0.3, -0.25) is 9.48 Å². The van der Waals surface area contributed by atoms with Crippen molar-refractivity contribution in [3.8, 4) is 0 Å². The molecule has 0 radical (unpaired) electrons. The molecule has 2 atom stereocenters. The van der Waals surface area contributed by atoms with Crippen LogP contribution in [0.1, 0.15) is 37.7 Å². The predicted octanol–water partition coefficient (Wildman–Crippen LogP) is 1.03. The zero-order valence-electron chi connectivity index (χ0n) is 12.4. The number of aromatic nitrogens is 2. The van der Waals surface area contributed by atoms with Crippen LogP contribution in [-0.2, 0) is 11.8 Å². The number of hydrogen-bond acceptors (Lipinski definition) is 3. The first-order chi connectivity index (χ1) is 9.57. The summed E-state index contributed by atoms with van der Waals surface area (Å²) >= 11 is 0. The van der Waals surface area contributed by atoms with Gasteiger partial charge in [0.15, 0.2) is 0 Å². The fourth-order valence-corrected chi connectivity index (χ4v) is 3.32. The fourth-order valence-electron chi connectivity index (χ4n) is 3.32. The van der Waals surface area contributed by atoms with Crippen molar-refractivity contribution < 1.29 is 4.79 Å². The lowest BCUT2D eigenvalue weighted by molar-refractivity contribution is -0.125. The van der Waals surface area contributed by atoms with E-state index in [1.165, 1.54) is 19.3 Å². The summed E-state index contributed by atoms with van der Waals surface area (Å²) in [5, 5.41) is 10.7. The maximum Gasteiger partial charge on any atom is 0.225 e. The van der Waals surface area contributed by atoms with E-state index in [9.17, 15) is 4.79 Å². The molecule has 1 aliphatic carbocycles. The molecule has 3 rings (SSSR count). The van der Waals surface area contributed by atoms with Gasteiger partial charge in [0.25, 0.3) is 0 Å². The number of rotatable bonds is 4. The molecule has 2 fully saturated rings. The maximum absolute atomic E-state index is 12.4. The Morgan fingerprint density at radius 3 is 2.95 bits per heavy atom. The highest BCUT2D eigenvalue weighted by Gasteiger charge is 2.37. The molecule has 0 aromatic carbocycles. The summed E-state index contributed by atoms with van der Waals surface area (Å²) in [5.74, 6) is 0.470. The third kappa shape index (κ3) is 2.59. The Labute approximate surface area is 120 Å². The average Bonchev–Trinajstić information content (AvgIpc) is 3.01. The molecule has 2 N–H and O–H groups in total. The van der Waals surface area contributed by atoms with Crippen molar-refractivity contribution in [3.05, 3.63) is 18.0 Å². The number of aryl methyl sites for hydroxylation is 1. The maximum atomic E-state index is 12.4. The smallest absolute Gasteiger partial charge is 0.225 e. The summed E-state index contributed by atoms with van der Waals surface area (Å²) in [6.45, 7) is 4.72. The van der Waals surface area contributed by atoms with Crippen LogP contribution in [0, 0.1) is 11.3 Å². The number of nitrogens with zero attached hydrogens (tertiary/aromatic N) is 2. The van der Waals surface area contributed by atoms with Gasteiger partial charge in [-0.15, -0.1) is 0 Å². The van der Waals surface area contributed by atoms with Crippen LogP contribution in [0.2, 0.25) is 0 Å². The highest BCUT2D eigenvalue weighted by atomic mass is 16.1. The van der Waals surface area contributed by atoms with Crippen LogP contribution in [0.5, 0.6) is 0 Å². The van der Waals surface area contributed by atoms with E-state index in [0.29, 0.717) is 5.41 Å². The Hall–Kier alpha value is -1.36. The second-order valence-electron chi connectivity index (χ2n) is 6.70. The molecule has 5 nitrogen and oxygen atoms in total. The van der Waals surface area contributed by atoms with Crippen LogP contribution in [-0.4, -0.2) is 35.3 Å². The lowest BCUT2D eigenvalue weighted by atomic mass is 9.70. The first kappa shape index (κ1) is 13.6. The van der Waals surface area contributed by atoms with E-state index in [2.05, 4.69) is 22.7 Å². The number of amides is 1. The average molecular weight is 276 g/mol. The van der Waals surface area contributed by atoms with E-state index in [1.54, 1.807) is 4.68 Å². The predicted molar refractivity (Wildman–Crippen MR) is 77.3 cm³/mol. The molecule has 110 valence electrons. The van der Waals surface area contributed by atoms with Gasteiger partial charge in [-0.2, -0.15) is 5.10 Å². The van der Waals surface area contributed by atoms with Gasteiger partial charge in [-0.25, -0.2) is 0 Å². The number of carbonyl (C=O) groups is 1. The van der Waals surface area contributed by atoms with E-state index in [0.717, 1.165) is 25.2 Å². The second-order valence-corrected chi connectivity index (χ2v) is 6.70. The van der Waals surface area contributed by atoms with Crippen LogP contribution >= 0.6 is 0 Å². The molecule has 5 heteroatoms. The van der Waals surface area contributed by atoms with Crippen LogP contribution < -0.4 is 10.6 Å². The lowest BCUT2D eigenvalue weighted by Gasteiger charge is -2.38. The Kier molecular flexibility index (Phi) is 3.54. The van der Waals surface area contributed by atoms with Crippen molar-refractivity contribution in [2.24, 2.45) is 18.4 Å². The lowest BCUT2D eigenvalue weighted by Crippen LogP contribution is -2.43. The van der Waals surface area contributed by atoms with Gasteiger partial charge >= 0.3 is 0 Å². The topological polar surface area (TPSA) is 59.0 Å². The van der Waals surface area contributed by atoms with E-state index in [-0.39, 0.29) is 17.7 Å². The normalized spacial score (nSPS) is 28.1. The third-order valence-electron chi connectivity index (χ3n) is 4.95. The molecule has 2 heterocycles. The summed E-state index contributed by atoms with van der Waals surface area (Å²) in [6, 6.07) is 0. The van der Waals surface area contributed by atoms with Crippen LogP contribution in [0.25, 0.3) is 0 Å². The summed E-state index contributed by atoms with van der Waals surface area (Å²) in [5.41, 5.74) is 1.50. The number of carbonyl (C=O) groups excluding carboxylic acids is 1. The minimum atomic E-state index is 0.0304. The molecule has 0 unspecified atom stereocenters. The van der Waals surface area contributed by atoms with E-state index >= 15 is 0 Å². The second kappa shape index (κ2) is 5.20. The Bertz CT molecular complexity index is 492. The quantitative estimate of drug-likeness (QED) is 0.863. The molecular formula is C15H24N4O. The van der Waals surface area contributed by atoms with Crippen molar-refractivity contribution in [3.63, 3.8) is 0 Å². The molecule has 1 aromatic rings. The first-order valence-corrected chi connectivity index (χ1v) is 7.54. The minimum absolute atomic E-state index is 0.0304. The Morgan fingerprint density at radius 1 is 1.55 bits per heavy atom. The van der Waals surface area contributed by atoms with Crippen molar-refractivity contribution in [1.29, 1.82) is 0 Å². The number of hydrogen-bond donors (Lipinski definition) is 2. The van der Waals surface area contributed by atoms with Crippen molar-refractivity contribution in [2.75, 3.05) is 19.6 Å². The molecule has 1 aliphatic heterocycles. The fraction of sp³-hybridized carbons (Fsp3) is 0.733. The summed E-state index contributed by atoms with van der Waals surface area (Å²) in [7, 11) is 1.92. The van der Waals surface area contributed by atoms with Gasteiger partial charge < -0.3 is 10.6 Å². The van der Waals surface area contributed by atoms with E-state index < -0.39 is 0 Å². The van der Waals surface area contributed by atoms with Crippen molar-refractivity contribution >= 4 is 5.91 Å². The highest BCUT2D eigenvalue weighted by Crippen LogP contribution is 2.39. The SMILES string of the molecule is Cn1cc([C@H]2CNC[C@@H]2C(=O)NCC2(C)CCC2)cn1. The van der Waals surface area contributed by atoms with E-state index in [1.807, 2.05) is 19.4 Å². The Balaban J connectivity index is 1.61. The molecule has 0 bridgehead atoms. The zero-order valence-corrected chi connectivity index (χ0v) is 12.4. The summed E-state index contributed by atoms with van der Waals surface area (Å²) in [6.07, 6.45) is 7.68. The molecule has 0 spiro atoms. The van der Waals surface area contributed by atoms with Gasteiger partial charge in [0.05, 0.1) is 12.1 Å². The van der Waals surface area contributed by atoms with Crippen LogP contribution in [0.15, 0.2) is 12.4 Å². The molecule has 20 heavy (non-hydrogen) atoms. The first-order valence-electron chi connectivity index (χ1n) is 7.54. The highest BCUT2D eigenvalue weighted by molar-refractivity contribution is 5.80. The van der Waals surface area contributed by atoms with Gasteiger partial charge in [0.2, 0.25) is 5.91 Å². The minimum Gasteiger partial charge on any atom is -0.355 e. The number of nitrogens with one attached hydrogen (secondary N) is 2. The van der Waals surface area contributed by atoms with Gasteiger partial charge in [-0.05, 0) is 23.8 Å². The van der Waals surface area contributed by atoms with Gasteiger partial charge in [0, 0.05) is 38.8 Å². The van der Waals surface area contributed by atoms with Crippen molar-refractivity contribution in [2.45, 2.75) is 32.1 Å². The molecule has 2 aliphatic rings. The van der Waals surface area contributed by atoms with Crippen molar-refractivity contribution in [1.82, 2.24) is 20.4 Å². The summed E-state index contributed by atoms with van der Waals surface area (Å²) in [4.78, 5) is 12.4. The third-order valence-corrected chi connectivity index (χ3v) is 4.95. The molecule has 1 saturated carbocycles. The van der Waals surface area contributed by atoms with Gasteiger partial charge in [0.1, 0.15) is 0 Å². The Morgan fingerprint density at radius 2 is 2.35 bits per heavy atom. The molecular weight excluding hydrogens is 252 g/mol. The molecule has 1 aromatic heterocycles. The zero-order chi connectivity index (χ0) is 14.2. The summed E-state index contributed by atoms with van der Waals surface area (Å²) < 4.78 is 1.80. The van der Waals surface area contributed by atoms with E-state index in [4.69, 9.17) is 0 Å². The molecule has 1 amide bonds. The largest absolute Gasteiger partial charge is 0.355 e. The van der Waals surface area contributed by atoms with Gasteiger partial charge in [-0.1, -0.05) is 13.3 Å². The molecule has 1 saturated heterocycles. The monoisotopic (exact) mass is 276 g/mol. The van der Waals surface area contributed by atoms with Crippen LogP contribution in [0.3, 0.4) is 0 Å². The standard InChI is InChI=1S/C15H24N4O/c1-15(4-3-5-15)10-17-14(20)13-8-16-7-12(13)11-6-18-19(2)9-11/h6,9,12-13,16H,3-5,7-8,10H2,1-2H3,(H,17,20)/t12-,13+/m1/s1. The van der Waals surface area contributed by atoms with Crippen LogP contribution in [0.4, 0.5) is 0 Å².